The Kier molecular flexibility index (Phi) is 13.9. The maximum atomic E-state index is 13.3. The molecule has 2 aliphatic rings. The number of hydrogen-bond acceptors (Lipinski definition) is 14. The number of nitrogen functional groups attached to an aromatic ring is 1. The van der Waals surface area contributed by atoms with Crippen molar-refractivity contribution in [3.8, 4) is 0 Å². The van der Waals surface area contributed by atoms with Crippen LogP contribution < -0.4 is 27.8 Å². The van der Waals surface area contributed by atoms with Crippen LogP contribution in [0.3, 0.4) is 0 Å². The highest BCUT2D eigenvalue weighted by Crippen LogP contribution is 2.40. The predicted octanol–water partition coefficient (Wildman–Crippen LogP) is 0.525. The monoisotopic (exact) mass is 719 g/mol. The molecular weight excluding hydrogens is 677 g/mol. The second kappa shape index (κ2) is 17.6. The molecule has 49 heavy (non-hydrogen) atoms. The number of fused-ring (bicyclic) bond motifs is 1. The molecular formula is C30H43N10O7S2+. The van der Waals surface area contributed by atoms with Crippen molar-refractivity contribution in [3.05, 3.63) is 52.9 Å². The third-order valence-electron chi connectivity index (χ3n) is 7.04. The molecule has 1 aromatic rings. The van der Waals surface area contributed by atoms with Crippen LogP contribution >= 0.6 is 23.3 Å². The summed E-state index contributed by atoms with van der Waals surface area (Å²) in [5, 5.41) is 28.3. The van der Waals surface area contributed by atoms with Crippen LogP contribution in [0.2, 0.25) is 0 Å². The molecule has 1 aromatic heterocycles. The molecule has 10 N–H and O–H groups in total. The number of amides is 2. The Bertz CT molecular complexity index is 1610. The maximum absolute atomic E-state index is 13.3. The van der Waals surface area contributed by atoms with Crippen LogP contribution in [-0.4, -0.2) is 107 Å². The first kappa shape index (κ1) is 38.7. The fourth-order valence-electron chi connectivity index (χ4n) is 4.32. The number of rotatable bonds is 18. The largest absolute Gasteiger partial charge is 0.478 e. The van der Waals surface area contributed by atoms with Crippen molar-refractivity contribution in [3.63, 3.8) is 0 Å². The van der Waals surface area contributed by atoms with Crippen molar-refractivity contribution in [1.82, 2.24) is 24.9 Å². The van der Waals surface area contributed by atoms with E-state index in [1.54, 1.807) is 19.1 Å². The average molecular weight is 720 g/mol. The zero-order valence-corrected chi connectivity index (χ0v) is 29.3. The Morgan fingerprint density at radius 2 is 2.00 bits per heavy atom. The molecule has 19 heteroatoms. The van der Waals surface area contributed by atoms with Crippen molar-refractivity contribution in [2.75, 3.05) is 31.1 Å². The number of oxime groups is 1. The van der Waals surface area contributed by atoms with E-state index in [9.17, 15) is 29.4 Å². The van der Waals surface area contributed by atoms with E-state index in [-0.39, 0.29) is 22.4 Å². The van der Waals surface area contributed by atoms with E-state index in [2.05, 4.69) is 32.1 Å². The van der Waals surface area contributed by atoms with Gasteiger partial charge in [-0.05, 0) is 57.9 Å². The summed E-state index contributed by atoms with van der Waals surface area (Å²) < 4.78 is 5.86. The number of β-lactam (4-membered cyclic amide) rings is 1. The van der Waals surface area contributed by atoms with Gasteiger partial charge in [0.2, 0.25) is 17.1 Å². The molecule has 0 saturated carbocycles. The van der Waals surface area contributed by atoms with Crippen molar-refractivity contribution in [2.24, 2.45) is 16.6 Å². The van der Waals surface area contributed by atoms with E-state index in [4.69, 9.17) is 22.0 Å². The third kappa shape index (κ3) is 10.1. The normalized spacial score (nSPS) is 19.1. The number of allylic oxidation sites excluding steroid dienone is 4. The fraction of sp³-hybridized carbons (Fsp3) is 0.467. The second-order valence-corrected chi connectivity index (χ2v) is 13.3. The lowest BCUT2D eigenvalue weighted by molar-refractivity contribution is -0.440. The number of carboxylic acids is 2. The summed E-state index contributed by atoms with van der Waals surface area (Å²) in [5.41, 5.74) is 16.6. The number of carbonyl (C=O) groups is 4. The van der Waals surface area contributed by atoms with E-state index < -0.39 is 46.5 Å². The highest BCUT2D eigenvalue weighted by Gasteiger charge is 2.54. The molecule has 0 bridgehead atoms. The van der Waals surface area contributed by atoms with Gasteiger partial charge in [-0.25, -0.2) is 9.59 Å². The summed E-state index contributed by atoms with van der Waals surface area (Å²) in [4.78, 5) is 60.6. The molecule has 2 atom stereocenters. The lowest BCUT2D eigenvalue weighted by Gasteiger charge is -2.49. The van der Waals surface area contributed by atoms with Crippen LogP contribution in [0.15, 0.2) is 52.2 Å². The molecule has 266 valence electrons. The minimum absolute atomic E-state index is 0.0158. The maximum Gasteiger partial charge on any atom is 0.352 e. The van der Waals surface area contributed by atoms with Crippen LogP contribution in [0.4, 0.5) is 5.13 Å². The Balaban J connectivity index is 1.82. The molecule has 17 nitrogen and oxygen atoms in total. The third-order valence-corrected chi connectivity index (χ3v) is 8.88. The number of thioether (sulfide) groups is 1. The first-order valence-corrected chi connectivity index (χ1v) is 17.2. The van der Waals surface area contributed by atoms with Crippen molar-refractivity contribution < 1.29 is 38.8 Å². The van der Waals surface area contributed by atoms with Crippen LogP contribution in [0.25, 0.3) is 0 Å². The van der Waals surface area contributed by atoms with Gasteiger partial charge in [0.05, 0.1) is 0 Å². The lowest BCUT2D eigenvalue weighted by atomic mass is 10.0. The van der Waals surface area contributed by atoms with Crippen LogP contribution in [0, 0.1) is 0 Å². The summed E-state index contributed by atoms with van der Waals surface area (Å²) in [6.07, 6.45) is 11.9. The van der Waals surface area contributed by atoms with E-state index in [0.717, 1.165) is 41.4 Å². The standard InChI is InChI=1S/C30H42N10O7S2/c1-5-6-7-13-39(15-19(17(2)32)34-12-9-11-31)14-8-10-18-16-48-26-21(25(42)40(26)22(18)27(43)44)35-24(41)20(23-36-29(33)49-38-23)37-47-30(3,4)28(45)46/h7-8,10,13,15,21,26,32,34H,5-6,9,11-12,14,16,31H2,1-4H3,(H5,33,35,36,38,41,43,44,45,46)/p+1/b10-8+,13-7+,37-20-/t21-,26?/m1/s1. The molecule has 0 spiro atoms. The molecule has 1 fully saturated rings. The summed E-state index contributed by atoms with van der Waals surface area (Å²) in [6, 6.07) is -1.11. The van der Waals surface area contributed by atoms with Crippen molar-refractivity contribution in [1.29, 1.82) is 0 Å². The van der Waals surface area contributed by atoms with Crippen LogP contribution in [-0.2, 0) is 24.0 Å². The molecule has 0 aromatic carbocycles. The van der Waals surface area contributed by atoms with Crippen LogP contribution in [0.1, 0.15) is 52.8 Å². The van der Waals surface area contributed by atoms with E-state index >= 15 is 0 Å². The first-order chi connectivity index (χ1) is 23.2. The summed E-state index contributed by atoms with van der Waals surface area (Å²) >= 11 is 2.05. The summed E-state index contributed by atoms with van der Waals surface area (Å²) in [7, 11) is 0. The van der Waals surface area contributed by atoms with Crippen LogP contribution in [0.5, 0.6) is 0 Å². The molecule has 2 amide bonds. The first-order valence-electron chi connectivity index (χ1n) is 15.4. The zero-order chi connectivity index (χ0) is 36.3. The van der Waals surface area contributed by atoms with Gasteiger partial charge in [-0.2, -0.15) is 13.9 Å². The Morgan fingerprint density at radius 1 is 1.27 bits per heavy atom. The van der Waals surface area contributed by atoms with Gasteiger partial charge in [0.25, 0.3) is 11.8 Å². The highest BCUT2D eigenvalue weighted by atomic mass is 32.2. The van der Waals surface area contributed by atoms with Gasteiger partial charge in [0.15, 0.2) is 24.1 Å². The molecule has 2 aliphatic heterocycles. The SMILES string of the molecule is CCC/C=C/[N+](=C\C(NCCCN)=C(/C)N)C/C=C/C1=C(C(=O)O)N2C(=O)[C@@H](NC(=O)/C(=N\OC(C)(C)C(=O)O)c3nsc(N)n3)C2SC1. The van der Waals surface area contributed by atoms with Gasteiger partial charge in [0, 0.05) is 29.5 Å². The number of nitrogens with zero attached hydrogens (tertiary/aromatic N) is 5. The molecule has 3 heterocycles. The number of nitrogens with one attached hydrogen (secondary N) is 2. The number of aliphatic carboxylic acids is 2. The van der Waals surface area contributed by atoms with Gasteiger partial charge >= 0.3 is 11.9 Å². The summed E-state index contributed by atoms with van der Waals surface area (Å²) in [6.45, 7) is 7.88. The number of nitrogens with two attached hydrogens (primary N) is 3. The smallest absolute Gasteiger partial charge is 0.352 e. The molecule has 0 radical (unpaired) electrons. The number of carboxylic acid groups (broad SMARTS) is 2. The molecule has 3 rings (SSSR count). The van der Waals surface area contributed by atoms with E-state index in [1.165, 1.54) is 25.6 Å². The number of anilines is 1. The number of aromatic nitrogens is 2. The lowest BCUT2D eigenvalue weighted by Crippen LogP contribution is -2.71. The van der Waals surface area contributed by atoms with E-state index in [0.29, 0.717) is 30.9 Å². The molecule has 1 saturated heterocycles. The number of unbranched alkanes of at least 4 members (excludes halogenated alkanes) is 1. The molecule has 0 aliphatic carbocycles. The average Bonchev–Trinajstić information content (AvgIpc) is 3.47. The van der Waals surface area contributed by atoms with Crippen molar-refractivity contribution in [2.45, 2.75) is 64.0 Å². The summed E-state index contributed by atoms with van der Waals surface area (Å²) in [5.74, 6) is -4.22. The number of carbonyl (C=O) groups excluding carboxylic acids is 2. The van der Waals surface area contributed by atoms with Gasteiger partial charge < -0.3 is 42.9 Å². The number of hydrogen-bond donors (Lipinski definition) is 7. The quantitative estimate of drug-likeness (QED) is 0.0359. The molecule has 1 unspecified atom stereocenters. The van der Waals surface area contributed by atoms with Gasteiger partial charge in [-0.3, -0.25) is 14.5 Å². The van der Waals surface area contributed by atoms with E-state index in [1.807, 2.05) is 23.1 Å². The Hall–Kier alpha value is -4.75. The Morgan fingerprint density at radius 3 is 2.59 bits per heavy atom. The minimum atomic E-state index is -1.80. The predicted molar refractivity (Wildman–Crippen MR) is 186 cm³/mol. The minimum Gasteiger partial charge on any atom is -0.478 e. The highest BCUT2D eigenvalue weighted by molar-refractivity contribution is 8.00. The fourth-order valence-corrected chi connectivity index (χ4v) is 6.08. The van der Waals surface area contributed by atoms with Crippen molar-refractivity contribution >= 4 is 64.1 Å². The zero-order valence-electron chi connectivity index (χ0n) is 27.7. The van der Waals surface area contributed by atoms with Gasteiger partial charge in [-0.15, -0.1) is 11.8 Å². The Labute approximate surface area is 291 Å². The van der Waals surface area contributed by atoms with Gasteiger partial charge in [-0.1, -0.05) is 24.6 Å². The van der Waals surface area contributed by atoms with Gasteiger partial charge in [0.1, 0.15) is 22.8 Å². The second-order valence-electron chi connectivity index (χ2n) is 11.4. The topological polar surface area (TPSA) is 264 Å².